The molecule has 1 aliphatic rings. The van der Waals surface area contributed by atoms with Crippen LogP contribution >= 0.6 is 0 Å². The van der Waals surface area contributed by atoms with Gasteiger partial charge in [0, 0.05) is 38.6 Å². The Kier molecular flexibility index (Phi) is 5.19. The fraction of sp³-hybridized carbons (Fsp3) is 0.643. The van der Waals surface area contributed by atoms with Gasteiger partial charge < -0.3 is 19.9 Å². The lowest BCUT2D eigenvalue weighted by Crippen LogP contribution is -2.39. The number of hydrogen-bond acceptors (Lipinski definition) is 3. The van der Waals surface area contributed by atoms with Gasteiger partial charge in [-0.2, -0.15) is 0 Å². The minimum atomic E-state index is -0.821. The molecule has 0 bridgehead atoms. The molecule has 21 heavy (non-hydrogen) atoms. The highest BCUT2D eigenvalue weighted by Gasteiger charge is 2.36. The number of aromatic nitrogens is 2. The smallest absolute Gasteiger partial charge is 0.317 e. The van der Waals surface area contributed by atoms with Gasteiger partial charge in [0.25, 0.3) is 0 Å². The van der Waals surface area contributed by atoms with E-state index in [1.165, 1.54) is 0 Å². The van der Waals surface area contributed by atoms with Gasteiger partial charge in [-0.3, -0.25) is 4.79 Å². The molecule has 0 spiro atoms. The number of imidazole rings is 1. The SMILES string of the molecule is C[C@@H]1CN(C(=O)NCCCCn2ccnc2)C[C@H]1C(=O)O. The molecule has 1 saturated heterocycles. The molecule has 7 heteroatoms. The van der Waals surface area contributed by atoms with Crippen molar-refractivity contribution in [2.75, 3.05) is 19.6 Å². The molecule has 0 unspecified atom stereocenters. The first kappa shape index (κ1) is 15.3. The fourth-order valence-corrected chi connectivity index (χ4v) is 2.60. The molecule has 2 heterocycles. The molecule has 2 rings (SSSR count). The molecule has 1 fully saturated rings. The third kappa shape index (κ3) is 4.21. The lowest BCUT2D eigenvalue weighted by Gasteiger charge is -2.16. The first-order valence-electron chi connectivity index (χ1n) is 7.29. The van der Waals surface area contributed by atoms with Crippen LogP contribution in [0, 0.1) is 11.8 Å². The number of carboxylic acids is 1. The van der Waals surface area contributed by atoms with Crippen molar-refractivity contribution in [2.24, 2.45) is 11.8 Å². The molecular weight excluding hydrogens is 272 g/mol. The Balaban J connectivity index is 1.62. The number of likely N-dealkylation sites (tertiary alicyclic amines) is 1. The number of nitrogens with one attached hydrogen (secondary N) is 1. The third-order valence-electron chi connectivity index (χ3n) is 3.90. The van der Waals surface area contributed by atoms with Gasteiger partial charge >= 0.3 is 12.0 Å². The second-order valence-electron chi connectivity index (χ2n) is 5.57. The number of nitrogens with zero attached hydrogens (tertiary/aromatic N) is 3. The zero-order chi connectivity index (χ0) is 15.2. The van der Waals surface area contributed by atoms with Crippen LogP contribution in [0.4, 0.5) is 4.79 Å². The zero-order valence-electron chi connectivity index (χ0n) is 12.2. The second kappa shape index (κ2) is 7.10. The van der Waals surface area contributed by atoms with E-state index < -0.39 is 11.9 Å². The van der Waals surface area contributed by atoms with Gasteiger partial charge in [-0.25, -0.2) is 9.78 Å². The summed E-state index contributed by atoms with van der Waals surface area (Å²) in [5, 5.41) is 11.9. The van der Waals surface area contributed by atoms with Crippen LogP contribution in [-0.4, -0.2) is 51.2 Å². The minimum absolute atomic E-state index is 0.00879. The number of aliphatic carboxylic acids is 1. The summed E-state index contributed by atoms with van der Waals surface area (Å²) in [6.45, 7) is 4.18. The van der Waals surface area contributed by atoms with E-state index in [1.54, 1.807) is 17.4 Å². The van der Waals surface area contributed by atoms with E-state index in [0.717, 1.165) is 19.4 Å². The molecule has 0 aromatic carbocycles. The first-order chi connectivity index (χ1) is 10.1. The standard InChI is InChI=1S/C14H22N4O3/c1-11-8-18(9-12(11)13(19)20)14(21)16-4-2-3-6-17-7-5-15-10-17/h5,7,10-12H,2-4,6,8-9H2,1H3,(H,16,21)(H,19,20)/t11-,12-/m1/s1. The number of unbranched alkanes of at least 4 members (excludes halogenated alkanes) is 1. The lowest BCUT2D eigenvalue weighted by molar-refractivity contribution is -0.142. The van der Waals surface area contributed by atoms with Gasteiger partial charge in [0.1, 0.15) is 0 Å². The summed E-state index contributed by atoms with van der Waals surface area (Å²) in [5.41, 5.74) is 0. The van der Waals surface area contributed by atoms with Gasteiger partial charge in [0.2, 0.25) is 0 Å². The van der Waals surface area contributed by atoms with Crippen molar-refractivity contribution < 1.29 is 14.7 Å². The molecule has 0 saturated carbocycles. The highest BCUT2D eigenvalue weighted by molar-refractivity contribution is 5.77. The molecule has 116 valence electrons. The van der Waals surface area contributed by atoms with Crippen molar-refractivity contribution in [3.63, 3.8) is 0 Å². The van der Waals surface area contributed by atoms with Crippen LogP contribution in [0.2, 0.25) is 0 Å². The number of amides is 2. The summed E-state index contributed by atoms with van der Waals surface area (Å²) < 4.78 is 2.00. The average Bonchev–Trinajstić information content (AvgIpc) is 3.07. The number of urea groups is 1. The van der Waals surface area contributed by atoms with Crippen LogP contribution in [-0.2, 0) is 11.3 Å². The zero-order valence-corrected chi connectivity index (χ0v) is 12.2. The summed E-state index contributed by atoms with van der Waals surface area (Å²) in [4.78, 5) is 28.5. The Bertz CT molecular complexity index is 475. The normalized spacial score (nSPS) is 21.5. The van der Waals surface area contributed by atoms with Crippen molar-refractivity contribution in [1.82, 2.24) is 19.8 Å². The fourth-order valence-electron chi connectivity index (χ4n) is 2.60. The van der Waals surface area contributed by atoms with Gasteiger partial charge in [0.05, 0.1) is 12.2 Å². The van der Waals surface area contributed by atoms with Gasteiger partial charge in [-0.1, -0.05) is 6.92 Å². The highest BCUT2D eigenvalue weighted by Crippen LogP contribution is 2.22. The Hall–Kier alpha value is -2.05. The van der Waals surface area contributed by atoms with E-state index in [1.807, 2.05) is 17.7 Å². The van der Waals surface area contributed by atoms with E-state index >= 15 is 0 Å². The predicted octanol–water partition coefficient (Wildman–Crippen LogP) is 1.03. The van der Waals surface area contributed by atoms with Crippen LogP contribution in [0.1, 0.15) is 19.8 Å². The number of aryl methyl sites for hydroxylation is 1. The van der Waals surface area contributed by atoms with Crippen molar-refractivity contribution in [1.29, 1.82) is 0 Å². The molecule has 1 aliphatic heterocycles. The van der Waals surface area contributed by atoms with Crippen LogP contribution in [0.5, 0.6) is 0 Å². The van der Waals surface area contributed by atoms with Crippen molar-refractivity contribution in [3.8, 4) is 0 Å². The van der Waals surface area contributed by atoms with Crippen LogP contribution in [0.3, 0.4) is 0 Å². The topological polar surface area (TPSA) is 87.5 Å². The van der Waals surface area contributed by atoms with Gasteiger partial charge in [-0.05, 0) is 18.8 Å². The quantitative estimate of drug-likeness (QED) is 0.767. The number of carbonyl (C=O) groups is 2. The molecule has 0 aliphatic carbocycles. The van der Waals surface area contributed by atoms with E-state index in [0.29, 0.717) is 19.6 Å². The molecule has 7 nitrogen and oxygen atoms in total. The summed E-state index contributed by atoms with van der Waals surface area (Å²) >= 11 is 0. The maximum absolute atomic E-state index is 12.0. The summed E-state index contributed by atoms with van der Waals surface area (Å²) in [6, 6.07) is -0.159. The molecule has 0 radical (unpaired) electrons. The predicted molar refractivity (Wildman–Crippen MR) is 76.7 cm³/mol. The van der Waals surface area contributed by atoms with Crippen molar-refractivity contribution >= 4 is 12.0 Å². The van der Waals surface area contributed by atoms with Gasteiger partial charge in [0.15, 0.2) is 0 Å². The summed E-state index contributed by atoms with van der Waals surface area (Å²) in [5.74, 6) is -1.26. The van der Waals surface area contributed by atoms with Gasteiger partial charge in [-0.15, -0.1) is 0 Å². The second-order valence-corrected chi connectivity index (χ2v) is 5.57. The number of rotatable bonds is 6. The molecule has 1 aromatic heterocycles. The Labute approximate surface area is 124 Å². The maximum Gasteiger partial charge on any atom is 0.317 e. The van der Waals surface area contributed by atoms with E-state index in [-0.39, 0.29) is 11.9 Å². The lowest BCUT2D eigenvalue weighted by atomic mass is 9.99. The molecule has 1 aromatic rings. The van der Waals surface area contributed by atoms with Crippen molar-refractivity contribution in [2.45, 2.75) is 26.3 Å². The Morgan fingerprint density at radius 3 is 2.81 bits per heavy atom. The average molecular weight is 294 g/mol. The van der Waals surface area contributed by atoms with E-state index in [4.69, 9.17) is 5.11 Å². The molecule has 2 N–H and O–H groups in total. The van der Waals surface area contributed by atoms with Crippen LogP contribution in [0.25, 0.3) is 0 Å². The maximum atomic E-state index is 12.0. The van der Waals surface area contributed by atoms with E-state index in [9.17, 15) is 9.59 Å². The van der Waals surface area contributed by atoms with Crippen LogP contribution < -0.4 is 5.32 Å². The number of carboxylic acid groups (broad SMARTS) is 1. The molecular formula is C14H22N4O3. The number of hydrogen-bond donors (Lipinski definition) is 2. The first-order valence-corrected chi connectivity index (χ1v) is 7.29. The largest absolute Gasteiger partial charge is 0.481 e. The minimum Gasteiger partial charge on any atom is -0.481 e. The summed E-state index contributed by atoms with van der Waals surface area (Å²) in [6.07, 6.45) is 7.28. The monoisotopic (exact) mass is 294 g/mol. The van der Waals surface area contributed by atoms with E-state index in [2.05, 4.69) is 10.3 Å². The molecule has 2 amide bonds. The van der Waals surface area contributed by atoms with Crippen molar-refractivity contribution in [3.05, 3.63) is 18.7 Å². The van der Waals surface area contributed by atoms with Crippen LogP contribution in [0.15, 0.2) is 18.7 Å². The highest BCUT2D eigenvalue weighted by atomic mass is 16.4. The Morgan fingerprint density at radius 2 is 2.19 bits per heavy atom. The summed E-state index contributed by atoms with van der Waals surface area (Å²) in [7, 11) is 0. The number of carbonyl (C=O) groups excluding carboxylic acids is 1. The third-order valence-corrected chi connectivity index (χ3v) is 3.90. The molecule has 2 atom stereocenters. The Morgan fingerprint density at radius 1 is 1.38 bits per heavy atom.